The molecule has 1 amide bonds. The van der Waals surface area contributed by atoms with E-state index in [1.54, 1.807) is 20.3 Å². The molecule has 4 N–H and O–H groups in total. The number of halogens is 3. The van der Waals surface area contributed by atoms with E-state index in [2.05, 4.69) is 15.3 Å². The molecule has 2 heterocycles. The zero-order valence-corrected chi connectivity index (χ0v) is 21.5. The summed E-state index contributed by atoms with van der Waals surface area (Å²) in [6.45, 7) is 4.74. The molecule has 7 nitrogen and oxygen atoms in total. The molecule has 166 valence electrons. The van der Waals surface area contributed by atoms with Crippen LogP contribution in [0.25, 0.3) is 5.32 Å². The number of alkyl halides is 3. The van der Waals surface area contributed by atoms with Crippen LogP contribution in [0.4, 0.5) is 19.0 Å². The number of nitrogens with two attached hydrogens (primary N) is 1. The maximum Gasteiger partial charge on any atom is 1.00 e. The van der Waals surface area contributed by atoms with Crippen LogP contribution in [0.3, 0.4) is 0 Å². The van der Waals surface area contributed by atoms with Gasteiger partial charge < -0.3 is 26.0 Å². The number of rotatable bonds is 3. The topological polar surface area (TPSA) is 109 Å². The number of nitrogens with one attached hydrogen (secondary N) is 1. The molecule has 1 aliphatic heterocycles. The fourth-order valence-corrected chi connectivity index (χ4v) is 3.60. The smallest absolute Gasteiger partial charge is 0.468 e. The van der Waals surface area contributed by atoms with Crippen molar-refractivity contribution in [2.24, 2.45) is 22.6 Å². The van der Waals surface area contributed by atoms with Crippen LogP contribution in [0.5, 0.6) is 0 Å². The van der Waals surface area contributed by atoms with E-state index in [-0.39, 0.29) is 51.4 Å². The molecule has 0 radical (unpaired) electrons. The maximum absolute atomic E-state index is 12.1. The Morgan fingerprint density at radius 1 is 1.33 bits per heavy atom. The van der Waals surface area contributed by atoms with Crippen molar-refractivity contribution in [3.63, 3.8) is 0 Å². The first-order valence-corrected chi connectivity index (χ1v) is 9.72. The summed E-state index contributed by atoms with van der Waals surface area (Å²) in [6.07, 6.45) is -2.86. The largest absolute Gasteiger partial charge is 1.00 e. The molecular formula is C19H31F3KN5O2. The predicted molar refractivity (Wildman–Crippen MR) is 107 cm³/mol. The SMILES string of the molecule is CC.CN=C(N)c1cc[nH]c1[N-]C.O=C(C(O)C(F)(F)F)N1CC2CCCC2C1.[K+]. The third-order valence-electron chi connectivity index (χ3n) is 5.05. The summed E-state index contributed by atoms with van der Waals surface area (Å²) in [7, 11) is 3.36. The normalized spacial score (nSPS) is 21.3. The fraction of sp³-hybridized carbons (Fsp3) is 0.684. The monoisotopic (exact) mass is 457 g/mol. The van der Waals surface area contributed by atoms with Gasteiger partial charge in [0.15, 0.2) is 0 Å². The quantitative estimate of drug-likeness (QED) is 0.342. The summed E-state index contributed by atoms with van der Waals surface area (Å²) in [5.74, 6) is 0.760. The van der Waals surface area contributed by atoms with Crippen LogP contribution in [-0.2, 0) is 4.79 Å². The summed E-state index contributed by atoms with van der Waals surface area (Å²) >= 11 is 0. The number of hydrogen-bond donors (Lipinski definition) is 3. The molecule has 1 saturated heterocycles. The molecule has 1 aliphatic carbocycles. The van der Waals surface area contributed by atoms with Crippen LogP contribution >= 0.6 is 0 Å². The van der Waals surface area contributed by atoms with E-state index < -0.39 is 18.2 Å². The molecule has 0 spiro atoms. The number of nitrogens with zero attached hydrogens (tertiary/aromatic N) is 3. The molecular weight excluding hydrogens is 426 g/mol. The number of amidine groups is 1. The Morgan fingerprint density at radius 2 is 1.87 bits per heavy atom. The minimum absolute atomic E-state index is 0. The van der Waals surface area contributed by atoms with Gasteiger partial charge in [0.1, 0.15) is 5.84 Å². The number of aliphatic hydroxyl groups excluding tert-OH is 1. The first-order valence-electron chi connectivity index (χ1n) is 9.72. The number of H-pyrrole nitrogens is 1. The van der Waals surface area contributed by atoms with E-state index in [1.165, 1.54) is 0 Å². The van der Waals surface area contributed by atoms with Crippen molar-refractivity contribution < 1.29 is 74.5 Å². The Labute approximate surface area is 218 Å². The Bertz CT molecular complexity index is 669. The van der Waals surface area contributed by atoms with Gasteiger partial charge in [-0.2, -0.15) is 13.2 Å². The van der Waals surface area contributed by atoms with Crippen molar-refractivity contribution in [1.82, 2.24) is 9.88 Å². The van der Waals surface area contributed by atoms with Gasteiger partial charge >= 0.3 is 57.6 Å². The molecule has 0 aromatic carbocycles. The molecule has 0 bridgehead atoms. The van der Waals surface area contributed by atoms with E-state index in [0.717, 1.165) is 35.5 Å². The number of aliphatic hydroxyl groups is 1. The molecule has 11 heteroatoms. The standard InChI is InChI=1S/C10H14F3NO2.C7H11N4.C2H6.K/c11-10(12,13)8(15)9(16)14-4-6-2-1-3-7(6)5-14;1-9-6(8)5-3-4-11-7(5)10-2;1-2;/h6-8,15H,1-5H2;3-4,11H,1-2H3,(H2,8,9);1-2H3;/q;-1;;+1. The average molecular weight is 458 g/mol. The minimum atomic E-state index is -4.85. The Hall–Kier alpha value is -0.594. The number of likely N-dealkylation sites (tertiary alicyclic amines) is 1. The van der Waals surface area contributed by atoms with Crippen molar-refractivity contribution >= 4 is 17.6 Å². The zero-order chi connectivity index (χ0) is 22.2. The van der Waals surface area contributed by atoms with E-state index in [1.807, 2.05) is 19.9 Å². The Morgan fingerprint density at radius 3 is 2.30 bits per heavy atom. The molecule has 2 fully saturated rings. The van der Waals surface area contributed by atoms with Gasteiger partial charge in [0.25, 0.3) is 5.91 Å². The summed E-state index contributed by atoms with van der Waals surface area (Å²) < 4.78 is 36.4. The number of carbonyl (C=O) groups is 1. The van der Waals surface area contributed by atoms with Gasteiger partial charge in [0.05, 0.1) is 0 Å². The van der Waals surface area contributed by atoms with Gasteiger partial charge in [-0.05, 0) is 24.7 Å². The van der Waals surface area contributed by atoms with Crippen molar-refractivity contribution in [1.29, 1.82) is 0 Å². The number of aromatic amines is 1. The Balaban J connectivity index is 0.000000530. The van der Waals surface area contributed by atoms with Gasteiger partial charge in [-0.3, -0.25) is 9.79 Å². The van der Waals surface area contributed by atoms with Crippen LogP contribution in [-0.4, -0.2) is 66.2 Å². The van der Waals surface area contributed by atoms with Crippen LogP contribution in [0.1, 0.15) is 38.7 Å². The number of amides is 1. The molecule has 3 atom stereocenters. The molecule has 1 aromatic heterocycles. The first kappa shape index (κ1) is 29.4. The third-order valence-corrected chi connectivity index (χ3v) is 5.05. The van der Waals surface area contributed by atoms with Crippen molar-refractivity contribution in [3.8, 4) is 0 Å². The minimum Gasteiger partial charge on any atom is -0.468 e. The second-order valence-corrected chi connectivity index (χ2v) is 6.71. The number of fused-ring (bicyclic) bond motifs is 1. The van der Waals surface area contributed by atoms with Gasteiger partial charge in [-0.1, -0.05) is 45.4 Å². The van der Waals surface area contributed by atoms with E-state index in [4.69, 9.17) is 10.8 Å². The molecule has 30 heavy (non-hydrogen) atoms. The third kappa shape index (κ3) is 7.83. The van der Waals surface area contributed by atoms with E-state index in [9.17, 15) is 18.0 Å². The van der Waals surface area contributed by atoms with Crippen LogP contribution in [0.15, 0.2) is 17.3 Å². The van der Waals surface area contributed by atoms with E-state index in [0.29, 0.717) is 30.8 Å². The summed E-state index contributed by atoms with van der Waals surface area (Å²) in [5, 5.41) is 12.8. The maximum atomic E-state index is 12.1. The van der Waals surface area contributed by atoms with Gasteiger partial charge in [-0.25, -0.2) is 0 Å². The van der Waals surface area contributed by atoms with Crippen LogP contribution < -0.4 is 57.1 Å². The molecule has 3 unspecified atom stereocenters. The molecule has 1 saturated carbocycles. The number of aromatic nitrogens is 1. The van der Waals surface area contributed by atoms with Crippen molar-refractivity contribution in [2.75, 3.05) is 27.2 Å². The van der Waals surface area contributed by atoms with Crippen molar-refractivity contribution in [3.05, 3.63) is 23.1 Å². The van der Waals surface area contributed by atoms with Crippen LogP contribution in [0.2, 0.25) is 0 Å². The van der Waals surface area contributed by atoms with Gasteiger partial charge in [0, 0.05) is 25.7 Å². The predicted octanol–water partition coefficient (Wildman–Crippen LogP) is 0.183. The number of aliphatic imine (C=N–C) groups is 1. The average Bonchev–Trinajstić information content (AvgIpc) is 3.42. The van der Waals surface area contributed by atoms with Gasteiger partial charge in [-0.15, -0.1) is 0 Å². The summed E-state index contributed by atoms with van der Waals surface area (Å²) in [4.78, 5) is 19.3. The fourth-order valence-electron chi connectivity index (χ4n) is 3.60. The van der Waals surface area contributed by atoms with Crippen molar-refractivity contribution in [2.45, 2.75) is 45.4 Å². The van der Waals surface area contributed by atoms with Crippen LogP contribution in [0, 0.1) is 11.8 Å². The molecule has 1 aromatic rings. The van der Waals surface area contributed by atoms with Gasteiger partial charge in [0.2, 0.25) is 6.10 Å². The second-order valence-electron chi connectivity index (χ2n) is 6.71. The number of hydrogen-bond acceptors (Lipinski definition) is 3. The summed E-state index contributed by atoms with van der Waals surface area (Å²) in [6, 6.07) is 1.85. The zero-order valence-electron chi connectivity index (χ0n) is 18.3. The number of carbonyl (C=O) groups excluding carboxylic acids is 1. The molecule has 3 rings (SSSR count). The van der Waals surface area contributed by atoms with E-state index >= 15 is 0 Å². The first-order chi connectivity index (χ1) is 13.7. The molecule has 2 aliphatic rings. The Kier molecular flexibility index (Phi) is 13.5. The summed E-state index contributed by atoms with van der Waals surface area (Å²) in [5.41, 5.74) is 6.44. The second kappa shape index (κ2) is 13.7.